The molecular formula is C11H19N3OS. The van der Waals surface area contributed by atoms with Gasteiger partial charge in [-0.05, 0) is 12.8 Å². The zero-order chi connectivity index (χ0) is 11.8. The van der Waals surface area contributed by atoms with Crippen LogP contribution < -0.4 is 4.90 Å². The van der Waals surface area contributed by atoms with Gasteiger partial charge in [-0.1, -0.05) is 20.8 Å². The fraction of sp³-hybridized carbons (Fsp3) is 0.818. The zero-order valence-corrected chi connectivity index (χ0v) is 10.9. The second-order valence-electron chi connectivity index (χ2n) is 5.39. The Morgan fingerprint density at radius 2 is 2.19 bits per heavy atom. The number of piperidine rings is 1. The van der Waals surface area contributed by atoms with E-state index in [4.69, 9.17) is 0 Å². The molecule has 1 aromatic heterocycles. The molecule has 4 nitrogen and oxygen atoms in total. The number of aliphatic hydroxyl groups excluding tert-OH is 1. The molecule has 1 atom stereocenters. The third-order valence-corrected chi connectivity index (χ3v) is 3.53. The number of nitrogens with zero attached hydrogens (tertiary/aromatic N) is 3. The summed E-state index contributed by atoms with van der Waals surface area (Å²) in [7, 11) is 0. The molecule has 0 unspecified atom stereocenters. The third kappa shape index (κ3) is 2.52. The predicted molar refractivity (Wildman–Crippen MR) is 66.1 cm³/mol. The van der Waals surface area contributed by atoms with Crippen LogP contribution in [0.4, 0.5) is 5.13 Å². The van der Waals surface area contributed by atoms with Crippen molar-refractivity contribution in [3.05, 3.63) is 5.82 Å². The van der Waals surface area contributed by atoms with Crippen molar-refractivity contribution in [1.29, 1.82) is 0 Å². The number of aromatic nitrogens is 2. The molecule has 1 aliphatic heterocycles. The van der Waals surface area contributed by atoms with Crippen LogP contribution in [0.15, 0.2) is 0 Å². The van der Waals surface area contributed by atoms with E-state index in [-0.39, 0.29) is 11.5 Å². The third-order valence-electron chi connectivity index (χ3n) is 2.75. The van der Waals surface area contributed by atoms with Crippen molar-refractivity contribution in [3.63, 3.8) is 0 Å². The predicted octanol–water partition coefficient (Wildman–Crippen LogP) is 1.80. The van der Waals surface area contributed by atoms with Crippen molar-refractivity contribution in [3.8, 4) is 0 Å². The average Bonchev–Trinajstić information content (AvgIpc) is 2.65. The van der Waals surface area contributed by atoms with Crippen molar-refractivity contribution in [2.24, 2.45) is 0 Å². The average molecular weight is 241 g/mol. The molecule has 1 aromatic rings. The van der Waals surface area contributed by atoms with E-state index >= 15 is 0 Å². The van der Waals surface area contributed by atoms with Gasteiger partial charge in [0.1, 0.15) is 5.82 Å². The van der Waals surface area contributed by atoms with Crippen LogP contribution in [-0.2, 0) is 5.41 Å². The second-order valence-corrected chi connectivity index (χ2v) is 6.12. The number of hydrogen-bond donors (Lipinski definition) is 1. The molecule has 16 heavy (non-hydrogen) atoms. The Bertz CT molecular complexity index is 358. The molecule has 2 rings (SSSR count). The standard InChI is InChI=1S/C11H19N3OS/c1-11(2,3)9-12-10(16-13-9)14-6-4-5-8(15)7-14/h8,15H,4-7H2,1-3H3/t8-/m0/s1. The Kier molecular flexibility index (Phi) is 3.17. The number of hydrogen-bond acceptors (Lipinski definition) is 5. The van der Waals surface area contributed by atoms with Gasteiger partial charge in [-0.3, -0.25) is 0 Å². The van der Waals surface area contributed by atoms with E-state index < -0.39 is 0 Å². The van der Waals surface area contributed by atoms with Crippen molar-refractivity contribution in [1.82, 2.24) is 9.36 Å². The molecule has 2 heterocycles. The minimum atomic E-state index is -0.212. The van der Waals surface area contributed by atoms with E-state index in [2.05, 4.69) is 35.0 Å². The molecule has 5 heteroatoms. The first-order valence-electron chi connectivity index (χ1n) is 5.74. The highest BCUT2D eigenvalue weighted by molar-refractivity contribution is 7.09. The topological polar surface area (TPSA) is 49.2 Å². The lowest BCUT2D eigenvalue weighted by atomic mass is 9.96. The van der Waals surface area contributed by atoms with E-state index in [9.17, 15) is 5.11 Å². The molecule has 1 aliphatic rings. The lowest BCUT2D eigenvalue weighted by Gasteiger charge is -2.29. The van der Waals surface area contributed by atoms with E-state index in [1.807, 2.05) is 0 Å². The van der Waals surface area contributed by atoms with Gasteiger partial charge in [-0.2, -0.15) is 4.37 Å². The first-order valence-corrected chi connectivity index (χ1v) is 6.51. The summed E-state index contributed by atoms with van der Waals surface area (Å²) in [5, 5.41) is 10.6. The van der Waals surface area contributed by atoms with E-state index in [1.54, 1.807) is 0 Å². The molecule has 0 spiro atoms. The Labute approximate surface area is 100 Å². The Balaban J connectivity index is 2.12. The first kappa shape index (κ1) is 11.8. The van der Waals surface area contributed by atoms with Crippen molar-refractivity contribution >= 4 is 16.7 Å². The summed E-state index contributed by atoms with van der Waals surface area (Å²) >= 11 is 1.44. The van der Waals surface area contributed by atoms with Crippen molar-refractivity contribution in [2.75, 3.05) is 18.0 Å². The summed E-state index contributed by atoms with van der Waals surface area (Å²) in [6, 6.07) is 0. The number of anilines is 1. The van der Waals surface area contributed by atoms with Gasteiger partial charge in [0.2, 0.25) is 5.13 Å². The molecule has 0 radical (unpaired) electrons. The lowest BCUT2D eigenvalue weighted by Crippen LogP contribution is -2.38. The van der Waals surface area contributed by atoms with Gasteiger partial charge in [0, 0.05) is 30.0 Å². The molecular weight excluding hydrogens is 222 g/mol. The van der Waals surface area contributed by atoms with Gasteiger partial charge in [-0.15, -0.1) is 0 Å². The molecule has 0 aliphatic carbocycles. The summed E-state index contributed by atoms with van der Waals surface area (Å²) in [5.41, 5.74) is 0.00313. The largest absolute Gasteiger partial charge is 0.391 e. The number of aliphatic hydroxyl groups is 1. The maximum atomic E-state index is 9.62. The highest BCUT2D eigenvalue weighted by atomic mass is 32.1. The lowest BCUT2D eigenvalue weighted by molar-refractivity contribution is 0.154. The molecule has 1 N–H and O–H groups in total. The molecule has 0 amide bonds. The zero-order valence-electron chi connectivity index (χ0n) is 10.1. The van der Waals surface area contributed by atoms with E-state index in [1.165, 1.54) is 11.5 Å². The summed E-state index contributed by atoms with van der Waals surface area (Å²) in [4.78, 5) is 6.70. The first-order chi connectivity index (χ1) is 7.47. The number of rotatable bonds is 1. The van der Waals surface area contributed by atoms with Crippen LogP contribution in [-0.4, -0.2) is 33.7 Å². The molecule has 0 aromatic carbocycles. The van der Waals surface area contributed by atoms with Crippen molar-refractivity contribution < 1.29 is 5.11 Å². The quantitative estimate of drug-likeness (QED) is 0.814. The van der Waals surface area contributed by atoms with Crippen LogP contribution in [0.25, 0.3) is 0 Å². The van der Waals surface area contributed by atoms with Gasteiger partial charge < -0.3 is 10.0 Å². The fourth-order valence-electron chi connectivity index (χ4n) is 1.78. The van der Waals surface area contributed by atoms with Crippen LogP contribution in [0.1, 0.15) is 39.4 Å². The van der Waals surface area contributed by atoms with Crippen LogP contribution >= 0.6 is 11.5 Å². The minimum absolute atomic E-state index is 0.00313. The number of β-amino-alcohol motifs (C(OH)–C–C–N with tert-alkyl or cyclic N) is 1. The van der Waals surface area contributed by atoms with Crippen LogP contribution in [0.2, 0.25) is 0 Å². The molecule has 90 valence electrons. The highest BCUT2D eigenvalue weighted by Gasteiger charge is 2.24. The minimum Gasteiger partial charge on any atom is -0.391 e. The summed E-state index contributed by atoms with van der Waals surface area (Å²) in [6.45, 7) is 8.02. The monoisotopic (exact) mass is 241 g/mol. The van der Waals surface area contributed by atoms with Gasteiger partial charge in [0.25, 0.3) is 0 Å². The van der Waals surface area contributed by atoms with Crippen LogP contribution in [0.5, 0.6) is 0 Å². The SMILES string of the molecule is CC(C)(C)c1nsc(N2CCC[C@H](O)C2)n1. The van der Waals surface area contributed by atoms with Gasteiger partial charge >= 0.3 is 0 Å². The molecule has 1 saturated heterocycles. The smallest absolute Gasteiger partial charge is 0.205 e. The Morgan fingerprint density at radius 3 is 2.75 bits per heavy atom. The Hall–Kier alpha value is -0.680. The Morgan fingerprint density at radius 1 is 1.44 bits per heavy atom. The van der Waals surface area contributed by atoms with Gasteiger partial charge in [0.05, 0.1) is 6.10 Å². The highest BCUT2D eigenvalue weighted by Crippen LogP contribution is 2.27. The normalized spacial score (nSPS) is 22.5. The summed E-state index contributed by atoms with van der Waals surface area (Å²) in [6.07, 6.45) is 1.73. The van der Waals surface area contributed by atoms with Gasteiger partial charge in [0.15, 0.2) is 0 Å². The van der Waals surface area contributed by atoms with Crippen molar-refractivity contribution in [2.45, 2.75) is 45.1 Å². The summed E-state index contributed by atoms with van der Waals surface area (Å²) < 4.78 is 4.39. The van der Waals surface area contributed by atoms with Gasteiger partial charge in [-0.25, -0.2) is 4.98 Å². The maximum absolute atomic E-state index is 9.62. The van der Waals surface area contributed by atoms with E-state index in [0.29, 0.717) is 6.54 Å². The fourth-order valence-corrected chi connectivity index (χ4v) is 2.67. The van der Waals surface area contributed by atoms with E-state index in [0.717, 1.165) is 30.3 Å². The summed E-state index contributed by atoms with van der Waals surface area (Å²) in [5.74, 6) is 0.896. The van der Waals surface area contributed by atoms with Crippen LogP contribution in [0.3, 0.4) is 0 Å². The molecule has 1 fully saturated rings. The maximum Gasteiger partial charge on any atom is 0.205 e. The molecule has 0 saturated carbocycles. The second kappa shape index (κ2) is 4.30. The molecule has 0 bridgehead atoms. The van der Waals surface area contributed by atoms with Crippen LogP contribution in [0, 0.1) is 0 Å².